The number of aromatic amines is 2. The first kappa shape index (κ1) is 37.6. The van der Waals surface area contributed by atoms with E-state index in [-0.39, 0.29) is 60.6 Å². The molecule has 16 heteroatoms. The number of H-pyrrole nitrogens is 2. The first-order valence-electron chi connectivity index (χ1n) is 18.9. The number of aromatic nitrogens is 4. The van der Waals surface area contributed by atoms with E-state index in [4.69, 9.17) is 4.98 Å². The van der Waals surface area contributed by atoms with Gasteiger partial charge in [-0.15, -0.1) is 0 Å². The molecule has 3 atom stereocenters. The van der Waals surface area contributed by atoms with Crippen molar-refractivity contribution in [1.29, 1.82) is 0 Å². The molecule has 2 aromatic heterocycles. The van der Waals surface area contributed by atoms with Gasteiger partial charge in [-0.25, -0.2) is 19.6 Å². The molecule has 2 bridgehead atoms. The number of piperidine rings is 1. The summed E-state index contributed by atoms with van der Waals surface area (Å²) >= 11 is 0. The number of halogens is 2. The van der Waals surface area contributed by atoms with E-state index in [1.807, 2.05) is 36.1 Å². The molecule has 296 valence electrons. The highest BCUT2D eigenvalue weighted by Crippen LogP contribution is 2.53. The van der Waals surface area contributed by atoms with E-state index in [2.05, 4.69) is 35.1 Å². The number of rotatable bonds is 11. The number of amides is 4. The summed E-state index contributed by atoms with van der Waals surface area (Å²) in [5, 5.41) is 4.88. The topological polar surface area (TPSA) is 175 Å². The molecular formula is C41H42F2N8O6. The number of benzene rings is 3. The lowest BCUT2D eigenvalue weighted by Crippen LogP contribution is -2.45. The number of fused-ring (bicyclic) bond motifs is 6. The van der Waals surface area contributed by atoms with Gasteiger partial charge in [-0.1, -0.05) is 37.3 Å². The van der Waals surface area contributed by atoms with Crippen molar-refractivity contribution in [2.24, 2.45) is 5.92 Å². The van der Waals surface area contributed by atoms with Gasteiger partial charge >= 0.3 is 12.2 Å². The molecule has 2 aliphatic carbocycles. The van der Waals surface area contributed by atoms with Gasteiger partial charge in [0.25, 0.3) is 5.92 Å². The molecule has 5 aromatic rings. The molecule has 4 amide bonds. The number of ether oxygens (including phenoxy) is 2. The number of alkyl halides is 2. The summed E-state index contributed by atoms with van der Waals surface area (Å²) in [6.45, 7) is 2.10. The van der Waals surface area contributed by atoms with Crippen molar-refractivity contribution >= 4 is 35.0 Å². The van der Waals surface area contributed by atoms with Crippen LogP contribution in [0.3, 0.4) is 0 Å². The number of nitrogens with zero attached hydrogens (tertiary/aromatic N) is 4. The molecule has 0 radical (unpaired) electrons. The zero-order valence-electron chi connectivity index (χ0n) is 31.7. The third-order valence-corrected chi connectivity index (χ3v) is 11.3. The van der Waals surface area contributed by atoms with E-state index in [9.17, 15) is 19.2 Å². The summed E-state index contributed by atoms with van der Waals surface area (Å²) in [7, 11) is 2.47. The van der Waals surface area contributed by atoms with Crippen LogP contribution >= 0.6 is 0 Å². The van der Waals surface area contributed by atoms with Crippen LogP contribution in [0.4, 0.5) is 18.4 Å². The number of alkyl carbamates (subject to hydrolysis) is 2. The number of imidazole rings is 2. The van der Waals surface area contributed by atoms with E-state index >= 15 is 8.78 Å². The summed E-state index contributed by atoms with van der Waals surface area (Å²) in [6.07, 6.45) is 3.60. The van der Waals surface area contributed by atoms with Crippen LogP contribution in [0.1, 0.15) is 61.4 Å². The maximum absolute atomic E-state index is 16.4. The van der Waals surface area contributed by atoms with Gasteiger partial charge in [0.05, 0.1) is 49.7 Å². The highest BCUT2D eigenvalue weighted by Gasteiger charge is 2.50. The summed E-state index contributed by atoms with van der Waals surface area (Å²) in [5.74, 6) is -2.41. The Bertz CT molecular complexity index is 2390. The van der Waals surface area contributed by atoms with Gasteiger partial charge < -0.3 is 39.9 Å². The van der Waals surface area contributed by atoms with Crippen molar-refractivity contribution < 1.29 is 37.4 Å². The molecule has 0 unspecified atom stereocenters. The van der Waals surface area contributed by atoms with Crippen molar-refractivity contribution in [2.45, 2.75) is 57.2 Å². The average molecular weight is 781 g/mol. The molecule has 1 saturated carbocycles. The summed E-state index contributed by atoms with van der Waals surface area (Å²) < 4.78 is 41.9. The first-order valence-corrected chi connectivity index (χ1v) is 18.9. The Labute approximate surface area is 326 Å². The minimum atomic E-state index is -3.28. The van der Waals surface area contributed by atoms with E-state index in [0.29, 0.717) is 58.1 Å². The van der Waals surface area contributed by atoms with Crippen LogP contribution in [0, 0.1) is 5.92 Å². The average Bonchev–Trinajstić information content (AvgIpc) is 4.07. The normalized spacial score (nSPS) is 18.6. The molecule has 1 saturated heterocycles. The van der Waals surface area contributed by atoms with Crippen LogP contribution in [-0.2, 0) is 31.5 Å². The second kappa shape index (κ2) is 15.0. The smallest absolute Gasteiger partial charge is 0.407 e. The van der Waals surface area contributed by atoms with E-state index in [1.54, 1.807) is 35.4 Å². The minimum absolute atomic E-state index is 0.0729. The van der Waals surface area contributed by atoms with Crippen LogP contribution in [0.25, 0.3) is 44.5 Å². The number of likely N-dealkylation sites (tertiary alicyclic amines) is 1. The van der Waals surface area contributed by atoms with Gasteiger partial charge in [-0.2, -0.15) is 8.78 Å². The fourth-order valence-electron chi connectivity index (χ4n) is 8.59. The number of methoxy groups -OCH3 is 2. The van der Waals surface area contributed by atoms with Gasteiger partial charge in [0, 0.05) is 29.3 Å². The summed E-state index contributed by atoms with van der Waals surface area (Å²) in [5.41, 5.74) is 4.54. The van der Waals surface area contributed by atoms with Crippen LogP contribution < -0.4 is 10.6 Å². The van der Waals surface area contributed by atoms with Gasteiger partial charge in [0.2, 0.25) is 11.8 Å². The molecule has 0 spiro atoms. The number of carbonyl (C=O) groups is 4. The van der Waals surface area contributed by atoms with E-state index in [0.717, 1.165) is 30.3 Å². The monoisotopic (exact) mass is 780 g/mol. The maximum Gasteiger partial charge on any atom is 0.407 e. The number of nitrogens with one attached hydrogen (secondary N) is 4. The van der Waals surface area contributed by atoms with Crippen molar-refractivity contribution in [1.82, 2.24) is 40.4 Å². The lowest BCUT2D eigenvalue weighted by molar-refractivity contribution is -0.135. The molecule has 3 aromatic carbocycles. The Balaban J connectivity index is 1.01. The number of carbonyl (C=O) groups excluding carboxylic acids is 4. The SMILES string of the molecule is CCCN(Cc1ncc(-c2ccc3c(c2)C(F)(F)c2cc(-c4ccc5nc([C@@H]6[C@H]7CC[C@H](C7)N6C(=O)CNC(=O)OC)[nH]c5c4)ccc2-3)[nH]1)C(=O)CNC(=O)OC. The summed E-state index contributed by atoms with van der Waals surface area (Å²) in [6, 6.07) is 15.5. The van der Waals surface area contributed by atoms with Gasteiger partial charge in [-0.3, -0.25) is 9.59 Å². The third kappa shape index (κ3) is 6.93. The third-order valence-electron chi connectivity index (χ3n) is 11.3. The molecule has 3 heterocycles. The highest BCUT2D eigenvalue weighted by atomic mass is 19.3. The van der Waals surface area contributed by atoms with Gasteiger partial charge in [-0.05, 0) is 78.1 Å². The van der Waals surface area contributed by atoms with Crippen LogP contribution in [0.5, 0.6) is 0 Å². The Morgan fingerprint density at radius 1 is 0.895 bits per heavy atom. The van der Waals surface area contributed by atoms with E-state index < -0.39 is 18.1 Å². The lowest BCUT2D eigenvalue weighted by Gasteiger charge is -2.34. The molecule has 1 aliphatic heterocycles. The molecule has 3 aliphatic rings. The standard InChI is InChI=1S/C41H42F2N8O6/c1-4-13-50(35(52)19-45-39(54)56-2)21-34-44-18-33(47-34)24-7-11-28-27-10-6-22(15-29(27)41(42,43)30(28)16-24)23-8-12-31-32(17-23)49-38(48-31)37-25-5-9-26(14-25)51(37)36(53)20-46-40(55)57-3/h6-8,10-12,15-18,25-26,37H,4-5,9,13-14,19-21H2,1-3H3,(H,44,47)(H,45,54)(H,46,55)(H,48,49)/t25-,26+,37-/m0/s1. The van der Waals surface area contributed by atoms with Crippen LogP contribution in [0.2, 0.25) is 0 Å². The molecule has 2 fully saturated rings. The Kier molecular flexibility index (Phi) is 9.87. The predicted molar refractivity (Wildman–Crippen MR) is 205 cm³/mol. The van der Waals surface area contributed by atoms with E-state index in [1.165, 1.54) is 20.3 Å². The van der Waals surface area contributed by atoms with Crippen molar-refractivity contribution in [3.63, 3.8) is 0 Å². The van der Waals surface area contributed by atoms with Crippen LogP contribution in [0.15, 0.2) is 60.8 Å². The minimum Gasteiger partial charge on any atom is -0.453 e. The zero-order chi connectivity index (χ0) is 40.0. The predicted octanol–water partition coefficient (Wildman–Crippen LogP) is 6.24. The van der Waals surface area contributed by atoms with Crippen molar-refractivity contribution in [3.05, 3.63) is 83.6 Å². The summed E-state index contributed by atoms with van der Waals surface area (Å²) in [4.78, 5) is 68.4. The second-order valence-corrected chi connectivity index (χ2v) is 14.7. The first-order chi connectivity index (χ1) is 27.5. The van der Waals surface area contributed by atoms with Crippen molar-refractivity contribution in [2.75, 3.05) is 33.9 Å². The number of hydrogen-bond donors (Lipinski definition) is 4. The molecular weight excluding hydrogens is 738 g/mol. The fraction of sp³-hybridized carbons (Fsp3) is 0.366. The second-order valence-electron chi connectivity index (χ2n) is 14.7. The largest absolute Gasteiger partial charge is 0.453 e. The zero-order valence-corrected chi connectivity index (χ0v) is 31.7. The molecule has 4 N–H and O–H groups in total. The van der Waals surface area contributed by atoms with Crippen LogP contribution in [-0.4, -0.2) is 93.6 Å². The Hall–Kier alpha value is -6.32. The highest BCUT2D eigenvalue weighted by molar-refractivity contribution is 5.88. The molecule has 14 nitrogen and oxygen atoms in total. The molecule has 57 heavy (non-hydrogen) atoms. The van der Waals surface area contributed by atoms with Gasteiger partial charge in [0.1, 0.15) is 24.7 Å². The number of hydrogen-bond acceptors (Lipinski definition) is 8. The lowest BCUT2D eigenvalue weighted by atomic mass is 9.98. The Morgan fingerprint density at radius 3 is 2.28 bits per heavy atom. The fourth-order valence-corrected chi connectivity index (χ4v) is 8.59. The van der Waals surface area contributed by atoms with Crippen molar-refractivity contribution in [3.8, 4) is 33.5 Å². The quantitative estimate of drug-likeness (QED) is 0.122. The maximum atomic E-state index is 16.4. The molecule has 8 rings (SSSR count). The Morgan fingerprint density at radius 2 is 1.56 bits per heavy atom. The van der Waals surface area contributed by atoms with Gasteiger partial charge in [0.15, 0.2) is 0 Å².